The lowest BCUT2D eigenvalue weighted by atomic mass is 9.91. The summed E-state index contributed by atoms with van der Waals surface area (Å²) in [5, 5.41) is 3.61. The second kappa shape index (κ2) is 8.90. The molecule has 1 aliphatic heterocycles. The molecule has 0 aromatic heterocycles. The number of fused-ring (bicyclic) bond motifs is 1. The quantitative estimate of drug-likeness (QED) is 0.527. The molecule has 0 amide bonds. The largest absolute Gasteiger partial charge is 0.497 e. The Kier molecular flexibility index (Phi) is 6.06. The van der Waals surface area contributed by atoms with E-state index in [0.717, 1.165) is 32.6 Å². The number of hydrogen-bond acceptors (Lipinski definition) is 5. The van der Waals surface area contributed by atoms with Crippen LogP contribution in [0.5, 0.6) is 5.75 Å². The van der Waals surface area contributed by atoms with Crippen LogP contribution in [0.2, 0.25) is 0 Å². The van der Waals surface area contributed by atoms with E-state index in [9.17, 15) is 4.79 Å². The summed E-state index contributed by atoms with van der Waals surface area (Å²) in [5.41, 5.74) is 4.29. The molecule has 3 aromatic rings. The van der Waals surface area contributed by atoms with E-state index >= 15 is 0 Å². The van der Waals surface area contributed by atoms with Gasteiger partial charge in [0.15, 0.2) is 0 Å². The highest BCUT2D eigenvalue weighted by molar-refractivity contribution is 9.10. The molecule has 0 fully saturated rings. The summed E-state index contributed by atoms with van der Waals surface area (Å²) in [5.74, 6) is 0.507. The fraction of sp³-hybridized carbons (Fsp3) is 0.208. The van der Waals surface area contributed by atoms with Gasteiger partial charge in [-0.3, -0.25) is 9.69 Å². The molecule has 4 rings (SSSR count). The number of methoxy groups -OCH3 is 2. The lowest BCUT2D eigenvalue weighted by Gasteiger charge is -2.44. The second-order valence-electron chi connectivity index (χ2n) is 7.11. The Bertz CT molecular complexity index is 1020. The van der Waals surface area contributed by atoms with Gasteiger partial charge in [0.2, 0.25) is 0 Å². The predicted molar refractivity (Wildman–Crippen MR) is 121 cm³/mol. The number of carbonyl (C=O) groups is 1. The van der Waals surface area contributed by atoms with Crippen molar-refractivity contribution >= 4 is 27.6 Å². The first-order chi connectivity index (χ1) is 14.6. The van der Waals surface area contributed by atoms with Crippen molar-refractivity contribution in [1.29, 1.82) is 0 Å². The smallest absolute Gasteiger partial charge is 0.319 e. The van der Waals surface area contributed by atoms with Crippen LogP contribution in [0, 0.1) is 0 Å². The van der Waals surface area contributed by atoms with Gasteiger partial charge in [-0.1, -0.05) is 58.4 Å². The van der Waals surface area contributed by atoms with Gasteiger partial charge in [-0.15, -0.1) is 0 Å². The second-order valence-corrected chi connectivity index (χ2v) is 8.03. The molecule has 5 nitrogen and oxygen atoms in total. The van der Waals surface area contributed by atoms with Crippen molar-refractivity contribution in [3.8, 4) is 5.75 Å². The van der Waals surface area contributed by atoms with Crippen molar-refractivity contribution in [2.45, 2.75) is 12.2 Å². The van der Waals surface area contributed by atoms with E-state index in [1.807, 2.05) is 48.5 Å². The number of esters is 1. The van der Waals surface area contributed by atoms with Gasteiger partial charge in [0, 0.05) is 10.2 Å². The maximum atomic E-state index is 12.4. The minimum atomic E-state index is -0.283. The van der Waals surface area contributed by atoms with Crippen LogP contribution in [0.15, 0.2) is 77.3 Å². The van der Waals surface area contributed by atoms with Crippen molar-refractivity contribution in [2.75, 3.05) is 26.1 Å². The zero-order valence-electron chi connectivity index (χ0n) is 16.8. The monoisotopic (exact) mass is 466 g/mol. The third kappa shape index (κ3) is 4.06. The molecular weight excluding hydrogens is 444 g/mol. The molecule has 1 N–H and O–H groups in total. The number of carbonyl (C=O) groups excluding carboxylic acids is 1. The Morgan fingerprint density at radius 2 is 1.73 bits per heavy atom. The van der Waals surface area contributed by atoms with E-state index in [1.54, 1.807) is 7.11 Å². The topological polar surface area (TPSA) is 50.8 Å². The van der Waals surface area contributed by atoms with Crippen molar-refractivity contribution < 1.29 is 14.3 Å². The molecule has 154 valence electrons. The summed E-state index contributed by atoms with van der Waals surface area (Å²) in [6, 6.07) is 24.2. The molecule has 1 aliphatic rings. The summed E-state index contributed by atoms with van der Waals surface area (Å²) in [6.45, 7) is 0.145. The standard InChI is InChI=1S/C24H23BrN2O3/c1-29-19-11-8-17(9-12-19)24-26-21-13-10-18(25)14-20(21)23(16-6-4-3-5-7-16)27(24)15-22(28)30-2/h3-14,23-24,26H,15H2,1-2H3. The van der Waals surface area contributed by atoms with Crippen LogP contribution in [0.1, 0.15) is 28.9 Å². The van der Waals surface area contributed by atoms with E-state index in [4.69, 9.17) is 9.47 Å². The van der Waals surface area contributed by atoms with Crippen LogP contribution >= 0.6 is 15.9 Å². The molecule has 0 bridgehead atoms. The molecule has 6 heteroatoms. The van der Waals surface area contributed by atoms with E-state index in [2.05, 4.69) is 50.4 Å². The normalized spacial score (nSPS) is 18.2. The van der Waals surface area contributed by atoms with Crippen LogP contribution in [-0.2, 0) is 9.53 Å². The van der Waals surface area contributed by atoms with Crippen molar-refractivity contribution in [3.05, 3.63) is 94.0 Å². The average Bonchev–Trinajstić information content (AvgIpc) is 2.79. The Balaban J connectivity index is 1.86. The van der Waals surface area contributed by atoms with Gasteiger partial charge in [0.25, 0.3) is 0 Å². The molecule has 1 heterocycles. The lowest BCUT2D eigenvalue weighted by molar-refractivity contribution is -0.143. The first kappa shape index (κ1) is 20.4. The molecule has 30 heavy (non-hydrogen) atoms. The van der Waals surface area contributed by atoms with Crippen LogP contribution in [-0.4, -0.2) is 31.6 Å². The molecule has 3 aromatic carbocycles. The van der Waals surface area contributed by atoms with Crippen LogP contribution < -0.4 is 10.1 Å². The summed E-state index contributed by atoms with van der Waals surface area (Å²) in [7, 11) is 3.07. The van der Waals surface area contributed by atoms with Gasteiger partial charge in [-0.25, -0.2) is 0 Å². The highest BCUT2D eigenvalue weighted by Crippen LogP contribution is 2.44. The zero-order valence-corrected chi connectivity index (χ0v) is 18.4. The molecule has 0 saturated carbocycles. The van der Waals surface area contributed by atoms with E-state index in [0.29, 0.717) is 0 Å². The van der Waals surface area contributed by atoms with Gasteiger partial charge in [-0.2, -0.15) is 0 Å². The van der Waals surface area contributed by atoms with Crippen molar-refractivity contribution in [1.82, 2.24) is 4.90 Å². The molecule has 2 atom stereocenters. The fourth-order valence-corrected chi connectivity index (χ4v) is 4.29. The summed E-state index contributed by atoms with van der Waals surface area (Å²) in [6.07, 6.45) is -0.214. The van der Waals surface area contributed by atoms with Crippen LogP contribution in [0.3, 0.4) is 0 Å². The third-order valence-electron chi connectivity index (χ3n) is 5.35. The van der Waals surface area contributed by atoms with Gasteiger partial charge < -0.3 is 14.8 Å². The number of ether oxygens (including phenoxy) is 2. The maximum Gasteiger partial charge on any atom is 0.319 e. The molecule has 0 aliphatic carbocycles. The number of nitrogens with zero attached hydrogens (tertiary/aromatic N) is 1. The Morgan fingerprint density at radius 1 is 1.00 bits per heavy atom. The van der Waals surface area contributed by atoms with E-state index in [-0.39, 0.29) is 24.7 Å². The molecule has 0 saturated heterocycles. The minimum Gasteiger partial charge on any atom is -0.497 e. The van der Waals surface area contributed by atoms with E-state index in [1.165, 1.54) is 7.11 Å². The minimum absolute atomic E-state index is 0.119. The highest BCUT2D eigenvalue weighted by atomic mass is 79.9. The van der Waals surface area contributed by atoms with Crippen molar-refractivity contribution in [3.63, 3.8) is 0 Å². The number of halogens is 1. The number of anilines is 1. The number of nitrogens with one attached hydrogen (secondary N) is 1. The maximum absolute atomic E-state index is 12.4. The first-order valence-corrected chi connectivity index (χ1v) is 10.5. The van der Waals surface area contributed by atoms with Crippen molar-refractivity contribution in [2.24, 2.45) is 0 Å². The van der Waals surface area contributed by atoms with Crippen LogP contribution in [0.25, 0.3) is 0 Å². The molecular formula is C24H23BrN2O3. The molecule has 2 unspecified atom stereocenters. The summed E-state index contributed by atoms with van der Waals surface area (Å²) < 4.78 is 11.3. The average molecular weight is 467 g/mol. The van der Waals surface area contributed by atoms with Crippen LogP contribution in [0.4, 0.5) is 5.69 Å². The number of hydrogen-bond donors (Lipinski definition) is 1. The third-order valence-corrected chi connectivity index (χ3v) is 5.84. The lowest BCUT2D eigenvalue weighted by Crippen LogP contribution is -2.44. The molecule has 0 spiro atoms. The van der Waals surface area contributed by atoms with Gasteiger partial charge in [0.1, 0.15) is 11.9 Å². The number of benzene rings is 3. The number of rotatable bonds is 5. The zero-order chi connectivity index (χ0) is 21.1. The Hall–Kier alpha value is -2.83. The Labute approximate surface area is 184 Å². The Morgan fingerprint density at radius 3 is 2.40 bits per heavy atom. The molecule has 0 radical (unpaired) electrons. The van der Waals surface area contributed by atoms with Gasteiger partial charge in [0.05, 0.1) is 26.8 Å². The highest BCUT2D eigenvalue weighted by Gasteiger charge is 2.37. The predicted octanol–water partition coefficient (Wildman–Crippen LogP) is 5.15. The first-order valence-electron chi connectivity index (χ1n) is 9.68. The van der Waals surface area contributed by atoms with E-state index < -0.39 is 0 Å². The van der Waals surface area contributed by atoms with Gasteiger partial charge >= 0.3 is 5.97 Å². The summed E-state index contributed by atoms with van der Waals surface area (Å²) in [4.78, 5) is 14.5. The SMILES string of the molecule is COC(=O)CN1C(c2ccc(OC)cc2)Nc2ccc(Br)cc2C1c1ccccc1. The fourth-order valence-electron chi connectivity index (χ4n) is 3.91. The summed E-state index contributed by atoms with van der Waals surface area (Å²) >= 11 is 3.60. The van der Waals surface area contributed by atoms with Gasteiger partial charge in [-0.05, 0) is 47.0 Å².